The molecule has 5 heteroatoms. The van der Waals surface area contributed by atoms with Gasteiger partial charge in [0.1, 0.15) is 5.71 Å². The number of fused-ring (bicyclic) bond motifs is 1. The third-order valence-corrected chi connectivity index (χ3v) is 3.83. The molecule has 0 saturated heterocycles. The maximum absolute atomic E-state index is 4.64. The molecule has 1 atom stereocenters. The lowest BCUT2D eigenvalue weighted by molar-refractivity contribution is 0.290. The first-order chi connectivity index (χ1) is 10.3. The second-order valence-electron chi connectivity index (χ2n) is 5.21. The van der Waals surface area contributed by atoms with Crippen molar-refractivity contribution in [2.75, 3.05) is 7.05 Å². The van der Waals surface area contributed by atoms with Crippen molar-refractivity contribution >= 4 is 16.9 Å². The van der Waals surface area contributed by atoms with Crippen LogP contribution in [0.1, 0.15) is 23.9 Å². The van der Waals surface area contributed by atoms with E-state index in [-0.39, 0.29) is 6.04 Å². The largest absolute Gasteiger partial charge is 0.335 e. The third kappa shape index (κ3) is 2.07. The normalized spacial score (nSPS) is 18.2. The maximum atomic E-state index is 4.64. The molecule has 1 unspecified atom stereocenters. The van der Waals surface area contributed by atoms with E-state index in [1.54, 1.807) is 6.20 Å². The van der Waals surface area contributed by atoms with Crippen LogP contribution >= 0.6 is 0 Å². The molecule has 1 aromatic carbocycles. The number of H-pyrrole nitrogens is 1. The average Bonchev–Trinajstić information content (AvgIpc) is 3.11. The van der Waals surface area contributed by atoms with Crippen LogP contribution in [0.15, 0.2) is 53.8 Å². The molecule has 21 heavy (non-hydrogen) atoms. The number of aromatic nitrogens is 3. The summed E-state index contributed by atoms with van der Waals surface area (Å²) in [7, 11) is 2.01. The quantitative estimate of drug-likeness (QED) is 0.783. The van der Waals surface area contributed by atoms with Gasteiger partial charge in [0.25, 0.3) is 0 Å². The molecule has 0 amide bonds. The van der Waals surface area contributed by atoms with E-state index in [0.717, 1.165) is 29.1 Å². The van der Waals surface area contributed by atoms with E-state index in [1.165, 1.54) is 5.56 Å². The molecule has 0 fully saturated rings. The Balaban J connectivity index is 1.66. The maximum Gasteiger partial charge on any atom is 0.178 e. The fraction of sp³-hybridized carbons (Fsp3) is 0.188. The van der Waals surface area contributed by atoms with Gasteiger partial charge in [-0.25, -0.2) is 9.97 Å². The average molecular weight is 277 g/mol. The number of benzene rings is 1. The molecule has 0 aliphatic carbocycles. The van der Waals surface area contributed by atoms with Gasteiger partial charge in [0, 0.05) is 19.7 Å². The lowest BCUT2D eigenvalue weighted by Gasteiger charge is -2.18. The predicted octanol–water partition coefficient (Wildman–Crippen LogP) is 2.74. The van der Waals surface area contributed by atoms with Crippen molar-refractivity contribution in [3.05, 3.63) is 60.0 Å². The number of hydrogen-bond donors (Lipinski definition) is 1. The summed E-state index contributed by atoms with van der Waals surface area (Å²) in [4.78, 5) is 12.1. The number of aromatic amines is 1. The first-order valence-corrected chi connectivity index (χ1v) is 6.97. The van der Waals surface area contributed by atoms with Gasteiger partial charge in [-0.1, -0.05) is 30.3 Å². The van der Waals surface area contributed by atoms with Crippen LogP contribution in [0.3, 0.4) is 0 Å². The van der Waals surface area contributed by atoms with Gasteiger partial charge >= 0.3 is 0 Å². The van der Waals surface area contributed by atoms with Crippen molar-refractivity contribution in [1.82, 2.24) is 20.0 Å². The van der Waals surface area contributed by atoms with Gasteiger partial charge in [0.05, 0.1) is 11.6 Å². The number of hydrazone groups is 1. The molecule has 0 spiro atoms. The summed E-state index contributed by atoms with van der Waals surface area (Å²) in [6, 6.07) is 14.6. The van der Waals surface area contributed by atoms with E-state index in [0.29, 0.717) is 0 Å². The molecule has 4 rings (SSSR count). The highest BCUT2D eigenvalue weighted by molar-refractivity contribution is 6.00. The Morgan fingerprint density at radius 1 is 1.14 bits per heavy atom. The lowest BCUT2D eigenvalue weighted by atomic mass is 10.0. The molecule has 5 nitrogen and oxygen atoms in total. The molecule has 1 aliphatic rings. The number of nitrogens with zero attached hydrogens (tertiary/aromatic N) is 4. The van der Waals surface area contributed by atoms with E-state index >= 15 is 0 Å². The van der Waals surface area contributed by atoms with Crippen LogP contribution in [0.2, 0.25) is 0 Å². The predicted molar refractivity (Wildman–Crippen MR) is 82.0 cm³/mol. The van der Waals surface area contributed by atoms with Gasteiger partial charge in [0.15, 0.2) is 11.5 Å². The monoisotopic (exact) mass is 277 g/mol. The van der Waals surface area contributed by atoms with Crippen molar-refractivity contribution in [2.24, 2.45) is 5.10 Å². The molecule has 3 aromatic rings. The zero-order valence-corrected chi connectivity index (χ0v) is 11.7. The molecule has 0 saturated carbocycles. The molecule has 3 heterocycles. The highest BCUT2D eigenvalue weighted by atomic mass is 15.5. The lowest BCUT2D eigenvalue weighted by Crippen LogP contribution is -2.13. The van der Waals surface area contributed by atoms with Crippen molar-refractivity contribution in [1.29, 1.82) is 0 Å². The Labute approximate surface area is 122 Å². The van der Waals surface area contributed by atoms with Crippen LogP contribution < -0.4 is 0 Å². The highest BCUT2D eigenvalue weighted by Gasteiger charge is 2.27. The Kier molecular flexibility index (Phi) is 2.70. The van der Waals surface area contributed by atoms with E-state index in [2.05, 4.69) is 44.3 Å². The first-order valence-electron chi connectivity index (χ1n) is 6.97. The number of hydrogen-bond acceptors (Lipinski definition) is 4. The van der Waals surface area contributed by atoms with Crippen LogP contribution in [-0.4, -0.2) is 32.7 Å². The van der Waals surface area contributed by atoms with Crippen molar-refractivity contribution in [3.63, 3.8) is 0 Å². The summed E-state index contributed by atoms with van der Waals surface area (Å²) in [5, 5.41) is 6.65. The summed E-state index contributed by atoms with van der Waals surface area (Å²) in [6.07, 6.45) is 2.60. The molecular formula is C16H15N5. The van der Waals surface area contributed by atoms with Gasteiger partial charge in [-0.05, 0) is 17.7 Å². The summed E-state index contributed by atoms with van der Waals surface area (Å²) < 4.78 is 0. The Hall–Kier alpha value is -2.69. The summed E-state index contributed by atoms with van der Waals surface area (Å²) in [5.74, 6) is 0.814. The van der Waals surface area contributed by atoms with Gasteiger partial charge in [0.2, 0.25) is 0 Å². The van der Waals surface area contributed by atoms with Gasteiger partial charge in [-0.15, -0.1) is 0 Å². The molecule has 1 aliphatic heterocycles. The van der Waals surface area contributed by atoms with Gasteiger partial charge < -0.3 is 4.98 Å². The van der Waals surface area contributed by atoms with Crippen LogP contribution in [0.25, 0.3) is 11.2 Å². The number of nitrogens with one attached hydrogen (secondary N) is 1. The minimum atomic E-state index is 0.266. The van der Waals surface area contributed by atoms with Crippen LogP contribution in [0.4, 0.5) is 0 Å². The topological polar surface area (TPSA) is 57.2 Å². The minimum Gasteiger partial charge on any atom is -0.335 e. The first kappa shape index (κ1) is 12.1. The SMILES string of the molecule is CN1N=C(c2nc3ncccc3[nH]2)CC1c1ccccc1. The van der Waals surface area contributed by atoms with E-state index < -0.39 is 0 Å². The van der Waals surface area contributed by atoms with Gasteiger partial charge in [-0.3, -0.25) is 5.01 Å². The summed E-state index contributed by atoms with van der Waals surface area (Å²) in [6.45, 7) is 0. The third-order valence-electron chi connectivity index (χ3n) is 3.83. The van der Waals surface area contributed by atoms with Crippen LogP contribution in [0, 0.1) is 0 Å². The zero-order valence-electron chi connectivity index (χ0n) is 11.7. The molecule has 0 radical (unpaired) electrons. The van der Waals surface area contributed by atoms with Crippen LogP contribution in [-0.2, 0) is 0 Å². The Morgan fingerprint density at radius 2 is 2.00 bits per heavy atom. The number of pyridine rings is 1. The fourth-order valence-corrected chi connectivity index (χ4v) is 2.75. The molecule has 1 N–H and O–H groups in total. The molecule has 0 bridgehead atoms. The summed E-state index contributed by atoms with van der Waals surface area (Å²) >= 11 is 0. The Morgan fingerprint density at radius 3 is 2.81 bits per heavy atom. The fourth-order valence-electron chi connectivity index (χ4n) is 2.75. The Bertz CT molecular complexity index is 773. The smallest absolute Gasteiger partial charge is 0.178 e. The zero-order chi connectivity index (χ0) is 14.2. The van der Waals surface area contributed by atoms with Gasteiger partial charge in [-0.2, -0.15) is 5.10 Å². The van der Waals surface area contributed by atoms with Crippen LogP contribution in [0.5, 0.6) is 0 Å². The van der Waals surface area contributed by atoms with E-state index in [1.807, 2.05) is 30.3 Å². The standard InChI is InChI=1S/C16H15N5/c1-21-14(11-6-3-2-4-7-11)10-13(20-21)16-18-12-8-5-9-17-15(12)19-16/h2-9,14H,10H2,1H3,(H,17,18,19). The molecule has 104 valence electrons. The second kappa shape index (κ2) is 4.70. The molecular weight excluding hydrogens is 262 g/mol. The minimum absolute atomic E-state index is 0.266. The van der Waals surface area contributed by atoms with Crippen molar-refractivity contribution in [3.8, 4) is 0 Å². The van der Waals surface area contributed by atoms with E-state index in [4.69, 9.17) is 0 Å². The van der Waals surface area contributed by atoms with Crippen molar-refractivity contribution in [2.45, 2.75) is 12.5 Å². The molecule has 2 aromatic heterocycles. The number of imidazole rings is 1. The summed E-state index contributed by atoms with van der Waals surface area (Å²) in [5.41, 5.74) is 3.93. The second-order valence-corrected chi connectivity index (χ2v) is 5.21. The highest BCUT2D eigenvalue weighted by Crippen LogP contribution is 2.30. The van der Waals surface area contributed by atoms with E-state index in [9.17, 15) is 0 Å². The van der Waals surface area contributed by atoms with Crippen molar-refractivity contribution < 1.29 is 0 Å². The number of rotatable bonds is 2.